The number of nitrogens with one attached hydrogen (secondary N) is 2. The second-order valence-corrected chi connectivity index (χ2v) is 5.44. The third kappa shape index (κ3) is 3.82. The van der Waals surface area contributed by atoms with E-state index in [9.17, 15) is 4.79 Å². The highest BCUT2D eigenvalue weighted by Crippen LogP contribution is 2.20. The van der Waals surface area contributed by atoms with Gasteiger partial charge < -0.3 is 10.6 Å². The molecule has 2 N–H and O–H groups in total. The zero-order valence-electron chi connectivity index (χ0n) is 11.3. The average Bonchev–Trinajstić information content (AvgIpc) is 2.44. The molecule has 0 aliphatic carbocycles. The standard InChI is InChI=1S/C13H18Cl2N4O/c1-2-17-13(20)11-7-16-5-6-19(11)8-10-9(14)3-4-12(15)18-10/h3-4,11,16H,2,5-8H2,1H3,(H,17,20). The lowest BCUT2D eigenvalue weighted by Gasteiger charge is -2.34. The van der Waals surface area contributed by atoms with Crippen LogP contribution in [0.4, 0.5) is 0 Å². The molecule has 1 atom stereocenters. The van der Waals surface area contributed by atoms with Crippen molar-refractivity contribution in [3.8, 4) is 0 Å². The van der Waals surface area contributed by atoms with Crippen LogP contribution in [0.25, 0.3) is 0 Å². The molecule has 0 spiro atoms. The number of hydrogen-bond donors (Lipinski definition) is 2. The summed E-state index contributed by atoms with van der Waals surface area (Å²) in [5.41, 5.74) is 0.704. The molecule has 0 bridgehead atoms. The van der Waals surface area contributed by atoms with Gasteiger partial charge in [0, 0.05) is 32.7 Å². The van der Waals surface area contributed by atoms with Gasteiger partial charge in [0.1, 0.15) is 11.2 Å². The number of hydrogen-bond acceptors (Lipinski definition) is 4. The van der Waals surface area contributed by atoms with Crippen LogP contribution in [0, 0.1) is 0 Å². The zero-order valence-corrected chi connectivity index (χ0v) is 12.8. The Kier molecular flexibility index (Phi) is 5.60. The van der Waals surface area contributed by atoms with Crippen molar-refractivity contribution in [3.05, 3.63) is 28.0 Å². The van der Waals surface area contributed by atoms with Gasteiger partial charge in [-0.25, -0.2) is 4.98 Å². The number of carbonyl (C=O) groups is 1. The van der Waals surface area contributed by atoms with Gasteiger partial charge in [-0.3, -0.25) is 9.69 Å². The zero-order chi connectivity index (χ0) is 14.5. The van der Waals surface area contributed by atoms with Gasteiger partial charge in [0.2, 0.25) is 5.91 Å². The smallest absolute Gasteiger partial charge is 0.238 e. The molecule has 1 aromatic rings. The number of likely N-dealkylation sites (N-methyl/N-ethyl adjacent to an activating group) is 1. The van der Waals surface area contributed by atoms with Crippen LogP contribution in [-0.4, -0.2) is 48.0 Å². The fourth-order valence-corrected chi connectivity index (χ4v) is 2.58. The van der Waals surface area contributed by atoms with Gasteiger partial charge in [-0.2, -0.15) is 0 Å². The van der Waals surface area contributed by atoms with Crippen molar-refractivity contribution in [2.75, 3.05) is 26.2 Å². The lowest BCUT2D eigenvalue weighted by Crippen LogP contribution is -2.57. The molecule has 0 aromatic carbocycles. The van der Waals surface area contributed by atoms with Crippen LogP contribution >= 0.6 is 23.2 Å². The second-order valence-electron chi connectivity index (χ2n) is 4.65. The Morgan fingerprint density at radius 3 is 3.10 bits per heavy atom. The number of rotatable bonds is 4. The molecule has 2 rings (SSSR count). The number of halogens is 2. The maximum atomic E-state index is 12.1. The molecule has 1 saturated heterocycles. The van der Waals surface area contributed by atoms with Crippen molar-refractivity contribution >= 4 is 29.1 Å². The predicted molar refractivity (Wildman–Crippen MR) is 80.0 cm³/mol. The van der Waals surface area contributed by atoms with Crippen molar-refractivity contribution < 1.29 is 4.79 Å². The van der Waals surface area contributed by atoms with Crippen LogP contribution in [0.2, 0.25) is 10.2 Å². The summed E-state index contributed by atoms with van der Waals surface area (Å²) < 4.78 is 0. The van der Waals surface area contributed by atoms with Crippen LogP contribution in [0.15, 0.2) is 12.1 Å². The number of aromatic nitrogens is 1. The first-order valence-electron chi connectivity index (χ1n) is 6.65. The van der Waals surface area contributed by atoms with E-state index in [2.05, 4.69) is 20.5 Å². The molecule has 20 heavy (non-hydrogen) atoms. The van der Waals surface area contributed by atoms with E-state index in [-0.39, 0.29) is 11.9 Å². The summed E-state index contributed by atoms with van der Waals surface area (Å²) >= 11 is 12.0. The van der Waals surface area contributed by atoms with E-state index in [1.54, 1.807) is 12.1 Å². The second kappa shape index (κ2) is 7.22. The normalized spacial score (nSPS) is 19.9. The number of amides is 1. The Bertz CT molecular complexity index is 483. The highest BCUT2D eigenvalue weighted by molar-refractivity contribution is 6.32. The van der Waals surface area contributed by atoms with Crippen molar-refractivity contribution in [1.29, 1.82) is 0 Å². The minimum Gasteiger partial charge on any atom is -0.355 e. The fraction of sp³-hybridized carbons (Fsp3) is 0.538. The first kappa shape index (κ1) is 15.5. The molecule has 0 radical (unpaired) electrons. The lowest BCUT2D eigenvalue weighted by molar-refractivity contribution is -0.127. The molecular formula is C13H18Cl2N4O. The SMILES string of the molecule is CCNC(=O)C1CNCCN1Cc1nc(Cl)ccc1Cl. The number of pyridine rings is 1. The van der Waals surface area contributed by atoms with Crippen molar-refractivity contribution in [2.24, 2.45) is 0 Å². The van der Waals surface area contributed by atoms with Gasteiger partial charge in [-0.15, -0.1) is 0 Å². The summed E-state index contributed by atoms with van der Waals surface area (Å²) in [5.74, 6) is 0.0258. The topological polar surface area (TPSA) is 57.3 Å². The third-order valence-corrected chi connectivity index (χ3v) is 3.80. The Balaban J connectivity index is 2.12. The quantitative estimate of drug-likeness (QED) is 0.822. The van der Waals surface area contributed by atoms with E-state index in [0.29, 0.717) is 35.5 Å². The third-order valence-electron chi connectivity index (χ3n) is 3.25. The molecular weight excluding hydrogens is 299 g/mol. The molecule has 110 valence electrons. The predicted octanol–water partition coefficient (Wildman–Crippen LogP) is 1.30. The fourth-order valence-electron chi connectivity index (χ4n) is 2.25. The van der Waals surface area contributed by atoms with Crippen LogP contribution in [-0.2, 0) is 11.3 Å². The molecule has 2 heterocycles. The number of nitrogens with zero attached hydrogens (tertiary/aromatic N) is 2. The molecule has 0 saturated carbocycles. The van der Waals surface area contributed by atoms with Crippen LogP contribution in [0.5, 0.6) is 0 Å². The average molecular weight is 317 g/mol. The molecule has 5 nitrogen and oxygen atoms in total. The van der Waals surface area contributed by atoms with E-state index in [4.69, 9.17) is 23.2 Å². The Morgan fingerprint density at radius 1 is 1.55 bits per heavy atom. The summed E-state index contributed by atoms with van der Waals surface area (Å²) in [7, 11) is 0. The maximum absolute atomic E-state index is 12.1. The van der Waals surface area contributed by atoms with Crippen LogP contribution in [0.1, 0.15) is 12.6 Å². The summed E-state index contributed by atoms with van der Waals surface area (Å²) in [5, 5.41) is 7.07. The molecule has 1 aliphatic heterocycles. The molecule has 1 aliphatic rings. The van der Waals surface area contributed by atoms with E-state index in [1.807, 2.05) is 6.92 Å². The first-order valence-corrected chi connectivity index (χ1v) is 7.40. The van der Waals surface area contributed by atoms with Gasteiger partial charge in [-0.05, 0) is 19.1 Å². The van der Waals surface area contributed by atoms with Gasteiger partial charge in [0.05, 0.1) is 10.7 Å². The number of piperazine rings is 1. The van der Waals surface area contributed by atoms with Crippen molar-refractivity contribution in [2.45, 2.75) is 19.5 Å². The van der Waals surface area contributed by atoms with Crippen molar-refractivity contribution in [3.63, 3.8) is 0 Å². The molecule has 7 heteroatoms. The number of carbonyl (C=O) groups excluding carboxylic acids is 1. The highest BCUT2D eigenvalue weighted by atomic mass is 35.5. The van der Waals surface area contributed by atoms with E-state index >= 15 is 0 Å². The van der Waals surface area contributed by atoms with Gasteiger partial charge >= 0.3 is 0 Å². The largest absolute Gasteiger partial charge is 0.355 e. The minimum atomic E-state index is -0.208. The highest BCUT2D eigenvalue weighted by Gasteiger charge is 2.28. The molecule has 1 aromatic heterocycles. The van der Waals surface area contributed by atoms with E-state index in [0.717, 1.165) is 13.1 Å². The van der Waals surface area contributed by atoms with Gasteiger partial charge in [0.25, 0.3) is 0 Å². The molecule has 1 fully saturated rings. The summed E-state index contributed by atoms with van der Waals surface area (Å²) in [4.78, 5) is 18.4. The Hall–Kier alpha value is -0.880. The van der Waals surface area contributed by atoms with Gasteiger partial charge in [0.15, 0.2) is 0 Å². The van der Waals surface area contributed by atoms with Crippen LogP contribution in [0.3, 0.4) is 0 Å². The summed E-state index contributed by atoms with van der Waals surface area (Å²) in [6, 6.07) is 3.18. The first-order chi connectivity index (χ1) is 9.61. The summed E-state index contributed by atoms with van der Waals surface area (Å²) in [6.07, 6.45) is 0. The van der Waals surface area contributed by atoms with Crippen LogP contribution < -0.4 is 10.6 Å². The van der Waals surface area contributed by atoms with Gasteiger partial charge in [-0.1, -0.05) is 23.2 Å². The van der Waals surface area contributed by atoms with E-state index < -0.39 is 0 Å². The Labute approximate surface area is 128 Å². The Morgan fingerprint density at radius 2 is 2.35 bits per heavy atom. The summed E-state index contributed by atoms with van der Waals surface area (Å²) in [6.45, 7) is 5.29. The molecule has 1 amide bonds. The maximum Gasteiger partial charge on any atom is 0.238 e. The monoisotopic (exact) mass is 316 g/mol. The molecule has 1 unspecified atom stereocenters. The van der Waals surface area contributed by atoms with E-state index in [1.165, 1.54) is 0 Å². The van der Waals surface area contributed by atoms with Crippen molar-refractivity contribution in [1.82, 2.24) is 20.5 Å². The minimum absolute atomic E-state index is 0.0258. The lowest BCUT2D eigenvalue weighted by atomic mass is 10.1.